The quantitative estimate of drug-likeness (QED) is 0.719. The average Bonchev–Trinajstić information content (AvgIpc) is 2.52. The molecule has 0 aromatic carbocycles. The Balaban J connectivity index is 2.36. The predicted octanol–water partition coefficient (Wildman–Crippen LogP) is 1.49. The van der Waals surface area contributed by atoms with Gasteiger partial charge in [0.05, 0.1) is 0 Å². The lowest BCUT2D eigenvalue weighted by molar-refractivity contribution is 0.619. The van der Waals surface area contributed by atoms with Gasteiger partial charge in [-0.3, -0.25) is 0 Å². The summed E-state index contributed by atoms with van der Waals surface area (Å²) in [4.78, 5) is 0. The molecule has 4 N–H and O–H groups in total. The summed E-state index contributed by atoms with van der Waals surface area (Å²) in [6, 6.07) is 2.26. The molecular weight excluding hydrogens is 156 g/mol. The van der Waals surface area contributed by atoms with E-state index in [9.17, 15) is 0 Å². The highest BCUT2D eigenvalue weighted by Gasteiger charge is 2.03. The van der Waals surface area contributed by atoms with Crippen LogP contribution in [0.1, 0.15) is 24.4 Å². The molecule has 11 heavy (non-hydrogen) atoms. The number of nitrogens with two attached hydrogens (primary N) is 2. The highest BCUT2D eigenvalue weighted by atomic mass is 32.1. The third-order valence-electron chi connectivity index (χ3n) is 1.69. The molecule has 1 heterocycles. The number of rotatable bonds is 4. The van der Waals surface area contributed by atoms with Gasteiger partial charge in [0.1, 0.15) is 0 Å². The largest absolute Gasteiger partial charge is 0.330 e. The van der Waals surface area contributed by atoms with Crippen LogP contribution in [0, 0.1) is 0 Å². The van der Waals surface area contributed by atoms with Gasteiger partial charge in [-0.05, 0) is 41.8 Å². The maximum Gasteiger partial charge on any atom is 0.0303 e. The summed E-state index contributed by atoms with van der Waals surface area (Å²) >= 11 is 1.69. The van der Waals surface area contributed by atoms with E-state index in [0.717, 1.165) is 19.4 Å². The first-order chi connectivity index (χ1) is 5.34. The van der Waals surface area contributed by atoms with Crippen molar-refractivity contribution in [2.45, 2.75) is 18.9 Å². The van der Waals surface area contributed by atoms with Crippen LogP contribution in [0.4, 0.5) is 0 Å². The zero-order chi connectivity index (χ0) is 8.10. The Kier molecular flexibility index (Phi) is 3.56. The minimum absolute atomic E-state index is 0.185. The highest BCUT2D eigenvalue weighted by Crippen LogP contribution is 2.17. The molecule has 0 radical (unpaired) electrons. The van der Waals surface area contributed by atoms with Gasteiger partial charge in [-0.15, -0.1) is 0 Å². The van der Waals surface area contributed by atoms with E-state index >= 15 is 0 Å². The molecule has 1 aromatic rings. The van der Waals surface area contributed by atoms with E-state index in [4.69, 9.17) is 11.5 Å². The van der Waals surface area contributed by atoms with E-state index in [0.29, 0.717) is 0 Å². The Hall–Kier alpha value is -0.380. The molecule has 1 rings (SSSR count). The molecule has 0 saturated heterocycles. The summed E-state index contributed by atoms with van der Waals surface area (Å²) < 4.78 is 0. The summed E-state index contributed by atoms with van der Waals surface area (Å²) in [5.41, 5.74) is 12.5. The van der Waals surface area contributed by atoms with Crippen LogP contribution in [0.3, 0.4) is 0 Å². The standard InChI is InChI=1S/C8H14N2S/c9-4-1-2-8(10)7-3-5-11-6-7/h3,5-6,8H,1-2,4,9-10H2/t8-/m0/s1. The number of thiophene rings is 1. The first kappa shape index (κ1) is 8.71. The second-order valence-corrected chi connectivity index (χ2v) is 3.37. The third kappa shape index (κ3) is 2.61. The molecule has 0 unspecified atom stereocenters. The minimum Gasteiger partial charge on any atom is -0.330 e. The molecule has 0 bridgehead atoms. The summed E-state index contributed by atoms with van der Waals surface area (Å²) in [6.07, 6.45) is 2.00. The molecule has 0 spiro atoms. The Morgan fingerprint density at radius 2 is 2.36 bits per heavy atom. The molecule has 1 aromatic heterocycles. The van der Waals surface area contributed by atoms with Crippen molar-refractivity contribution in [1.29, 1.82) is 0 Å². The summed E-state index contributed by atoms with van der Waals surface area (Å²) in [6.45, 7) is 0.734. The minimum atomic E-state index is 0.185. The molecule has 2 nitrogen and oxygen atoms in total. The number of hydrogen-bond donors (Lipinski definition) is 2. The normalized spacial score (nSPS) is 13.3. The van der Waals surface area contributed by atoms with Crippen LogP contribution in [0.15, 0.2) is 16.8 Å². The number of hydrogen-bond acceptors (Lipinski definition) is 3. The van der Waals surface area contributed by atoms with Gasteiger partial charge in [0.25, 0.3) is 0 Å². The Morgan fingerprint density at radius 1 is 1.55 bits per heavy atom. The van der Waals surface area contributed by atoms with Crippen LogP contribution in [-0.4, -0.2) is 6.54 Å². The van der Waals surface area contributed by atoms with E-state index in [1.165, 1.54) is 5.56 Å². The van der Waals surface area contributed by atoms with E-state index in [1.54, 1.807) is 11.3 Å². The van der Waals surface area contributed by atoms with Crippen LogP contribution in [0.25, 0.3) is 0 Å². The third-order valence-corrected chi connectivity index (χ3v) is 2.39. The molecule has 0 saturated carbocycles. The summed E-state index contributed by atoms with van der Waals surface area (Å²) in [5, 5.41) is 4.15. The van der Waals surface area contributed by atoms with Crippen LogP contribution in [0.2, 0.25) is 0 Å². The first-order valence-corrected chi connectivity index (χ1v) is 4.76. The zero-order valence-corrected chi connectivity index (χ0v) is 7.31. The predicted molar refractivity (Wildman–Crippen MR) is 49.5 cm³/mol. The second kappa shape index (κ2) is 4.49. The Morgan fingerprint density at radius 3 is 2.91 bits per heavy atom. The first-order valence-electron chi connectivity index (χ1n) is 3.82. The van der Waals surface area contributed by atoms with Gasteiger partial charge in [0.2, 0.25) is 0 Å². The maximum atomic E-state index is 5.88. The molecule has 3 heteroatoms. The molecule has 0 amide bonds. The molecule has 0 aliphatic heterocycles. The fourth-order valence-electron chi connectivity index (χ4n) is 0.990. The van der Waals surface area contributed by atoms with Crippen molar-refractivity contribution in [3.8, 4) is 0 Å². The molecular formula is C8H14N2S. The van der Waals surface area contributed by atoms with Crippen molar-refractivity contribution >= 4 is 11.3 Å². The van der Waals surface area contributed by atoms with Gasteiger partial charge in [0.15, 0.2) is 0 Å². The molecule has 0 aliphatic carbocycles. The molecule has 62 valence electrons. The Labute approximate surface area is 71.2 Å². The van der Waals surface area contributed by atoms with E-state index < -0.39 is 0 Å². The SMILES string of the molecule is NCCC[C@H](N)c1ccsc1. The monoisotopic (exact) mass is 170 g/mol. The van der Waals surface area contributed by atoms with Gasteiger partial charge in [0, 0.05) is 6.04 Å². The van der Waals surface area contributed by atoms with Crippen molar-refractivity contribution in [2.24, 2.45) is 11.5 Å². The van der Waals surface area contributed by atoms with Crippen molar-refractivity contribution in [3.63, 3.8) is 0 Å². The van der Waals surface area contributed by atoms with Crippen LogP contribution < -0.4 is 11.5 Å². The van der Waals surface area contributed by atoms with Crippen LogP contribution >= 0.6 is 11.3 Å². The van der Waals surface area contributed by atoms with E-state index in [2.05, 4.69) is 16.8 Å². The van der Waals surface area contributed by atoms with Crippen molar-refractivity contribution < 1.29 is 0 Å². The van der Waals surface area contributed by atoms with E-state index in [-0.39, 0.29) is 6.04 Å². The lowest BCUT2D eigenvalue weighted by Gasteiger charge is -2.07. The molecule has 1 atom stereocenters. The van der Waals surface area contributed by atoms with Gasteiger partial charge in [-0.25, -0.2) is 0 Å². The average molecular weight is 170 g/mol. The van der Waals surface area contributed by atoms with Gasteiger partial charge in [-0.1, -0.05) is 0 Å². The molecule has 0 aliphatic rings. The Bertz CT molecular complexity index is 184. The van der Waals surface area contributed by atoms with Gasteiger partial charge in [-0.2, -0.15) is 11.3 Å². The second-order valence-electron chi connectivity index (χ2n) is 2.59. The van der Waals surface area contributed by atoms with Crippen molar-refractivity contribution in [1.82, 2.24) is 0 Å². The maximum absolute atomic E-state index is 5.88. The van der Waals surface area contributed by atoms with Gasteiger partial charge >= 0.3 is 0 Å². The molecule has 0 fully saturated rings. The lowest BCUT2D eigenvalue weighted by Crippen LogP contribution is -2.11. The topological polar surface area (TPSA) is 52.0 Å². The van der Waals surface area contributed by atoms with E-state index in [1.807, 2.05) is 0 Å². The highest BCUT2D eigenvalue weighted by molar-refractivity contribution is 7.07. The fraction of sp³-hybridized carbons (Fsp3) is 0.500. The summed E-state index contributed by atoms with van der Waals surface area (Å²) in [5.74, 6) is 0. The van der Waals surface area contributed by atoms with Crippen LogP contribution in [0.5, 0.6) is 0 Å². The fourth-order valence-corrected chi connectivity index (χ4v) is 1.72. The van der Waals surface area contributed by atoms with Crippen molar-refractivity contribution in [3.05, 3.63) is 22.4 Å². The summed E-state index contributed by atoms with van der Waals surface area (Å²) in [7, 11) is 0. The van der Waals surface area contributed by atoms with Crippen molar-refractivity contribution in [2.75, 3.05) is 6.54 Å². The lowest BCUT2D eigenvalue weighted by atomic mass is 10.1. The van der Waals surface area contributed by atoms with Crippen LogP contribution in [-0.2, 0) is 0 Å². The van der Waals surface area contributed by atoms with Gasteiger partial charge < -0.3 is 11.5 Å². The zero-order valence-electron chi connectivity index (χ0n) is 6.49. The smallest absolute Gasteiger partial charge is 0.0303 e.